The number of esters is 1. The van der Waals surface area contributed by atoms with Gasteiger partial charge in [0, 0.05) is 11.6 Å². The van der Waals surface area contributed by atoms with Crippen LogP contribution in [0.15, 0.2) is 67.3 Å². The van der Waals surface area contributed by atoms with Crippen molar-refractivity contribution in [1.29, 1.82) is 0 Å². The van der Waals surface area contributed by atoms with Crippen LogP contribution in [0.1, 0.15) is 0 Å². The van der Waals surface area contributed by atoms with Gasteiger partial charge in [0.1, 0.15) is 19.0 Å². The third-order valence-electron chi connectivity index (χ3n) is 3.47. The van der Waals surface area contributed by atoms with Gasteiger partial charge in [-0.2, -0.15) is 0 Å². The van der Waals surface area contributed by atoms with E-state index >= 15 is 0 Å². The van der Waals surface area contributed by atoms with E-state index in [4.69, 9.17) is 18.9 Å². The van der Waals surface area contributed by atoms with Crippen molar-refractivity contribution in [3.8, 4) is 16.9 Å². The fourth-order valence-corrected chi connectivity index (χ4v) is 2.24. The van der Waals surface area contributed by atoms with Gasteiger partial charge in [-0.15, -0.1) is 0 Å². The molecule has 0 aliphatic heterocycles. The Bertz CT molecular complexity index is 669. The number of rotatable bonds is 12. The SMILES string of the molecule is C=CC(=O)OCCOCCOCCOc1ccccc1-c1ccccc1. The first kappa shape index (κ1) is 19.7. The number of hydrogen-bond acceptors (Lipinski definition) is 5. The van der Waals surface area contributed by atoms with Crippen LogP contribution in [0, 0.1) is 0 Å². The van der Waals surface area contributed by atoms with Gasteiger partial charge in [-0.05, 0) is 11.6 Å². The van der Waals surface area contributed by atoms with E-state index in [9.17, 15) is 4.79 Å². The van der Waals surface area contributed by atoms with Crippen molar-refractivity contribution in [3.05, 3.63) is 67.3 Å². The van der Waals surface area contributed by atoms with Crippen LogP contribution >= 0.6 is 0 Å². The summed E-state index contributed by atoms with van der Waals surface area (Å²) in [5.74, 6) is 0.389. The van der Waals surface area contributed by atoms with E-state index in [1.54, 1.807) is 0 Å². The normalized spacial score (nSPS) is 10.3. The maximum Gasteiger partial charge on any atom is 0.330 e. The summed E-state index contributed by atoms with van der Waals surface area (Å²) in [7, 11) is 0. The molecule has 2 rings (SSSR count). The van der Waals surface area contributed by atoms with Crippen LogP contribution in [0.25, 0.3) is 11.1 Å². The van der Waals surface area contributed by atoms with Gasteiger partial charge in [-0.3, -0.25) is 0 Å². The molecular weight excluding hydrogens is 332 g/mol. The van der Waals surface area contributed by atoms with Crippen LogP contribution < -0.4 is 4.74 Å². The standard InChI is InChI=1S/C21H24O5/c1-2-21(22)26-17-15-24-13-12-23-14-16-25-20-11-7-6-10-19(20)18-8-4-3-5-9-18/h2-11H,1,12-17H2. The third kappa shape index (κ3) is 7.09. The minimum atomic E-state index is -0.446. The molecule has 0 fully saturated rings. The molecule has 5 heteroatoms. The highest BCUT2D eigenvalue weighted by Crippen LogP contribution is 2.29. The molecule has 0 amide bonds. The van der Waals surface area contributed by atoms with Gasteiger partial charge >= 0.3 is 5.97 Å². The zero-order chi connectivity index (χ0) is 18.5. The summed E-state index contributed by atoms with van der Waals surface area (Å²) in [5.41, 5.74) is 2.18. The fourth-order valence-electron chi connectivity index (χ4n) is 2.24. The molecule has 0 saturated heterocycles. The average Bonchev–Trinajstić information content (AvgIpc) is 2.70. The Hall–Kier alpha value is -2.63. The molecule has 0 atom stereocenters. The lowest BCUT2D eigenvalue weighted by molar-refractivity contribution is -0.139. The van der Waals surface area contributed by atoms with Gasteiger partial charge in [0.25, 0.3) is 0 Å². The Morgan fingerprint density at radius 1 is 0.808 bits per heavy atom. The van der Waals surface area contributed by atoms with Gasteiger partial charge in [0.15, 0.2) is 0 Å². The Morgan fingerprint density at radius 3 is 2.15 bits per heavy atom. The monoisotopic (exact) mass is 356 g/mol. The predicted octanol–water partition coefficient (Wildman–Crippen LogP) is 3.49. The molecule has 2 aromatic carbocycles. The summed E-state index contributed by atoms with van der Waals surface area (Å²) in [4.78, 5) is 10.8. The summed E-state index contributed by atoms with van der Waals surface area (Å²) >= 11 is 0. The number of hydrogen-bond donors (Lipinski definition) is 0. The number of benzene rings is 2. The maximum atomic E-state index is 10.8. The molecule has 0 radical (unpaired) electrons. The third-order valence-corrected chi connectivity index (χ3v) is 3.47. The van der Waals surface area contributed by atoms with Crippen LogP contribution in [-0.2, 0) is 19.0 Å². The van der Waals surface area contributed by atoms with Gasteiger partial charge in [-0.1, -0.05) is 55.1 Å². The summed E-state index contributed by atoms with van der Waals surface area (Å²) in [6.45, 7) is 5.69. The van der Waals surface area contributed by atoms with Crippen LogP contribution in [0.5, 0.6) is 5.75 Å². The molecule has 0 N–H and O–H groups in total. The first-order valence-electron chi connectivity index (χ1n) is 8.53. The molecule has 0 heterocycles. The summed E-state index contributed by atoms with van der Waals surface area (Å²) in [6.07, 6.45) is 1.12. The number of carbonyl (C=O) groups is 1. The minimum absolute atomic E-state index is 0.213. The Kier molecular flexibility index (Phi) is 8.97. The molecule has 138 valence electrons. The van der Waals surface area contributed by atoms with Crippen molar-refractivity contribution in [2.45, 2.75) is 0 Å². The second-order valence-electron chi connectivity index (χ2n) is 5.31. The first-order chi connectivity index (χ1) is 12.8. The molecule has 0 bridgehead atoms. The molecule has 0 spiro atoms. The fraction of sp³-hybridized carbons (Fsp3) is 0.286. The molecule has 0 aliphatic rings. The quantitative estimate of drug-likeness (QED) is 0.331. The van der Waals surface area contributed by atoms with Gasteiger partial charge in [0.05, 0.1) is 26.4 Å². The molecular formula is C21H24O5. The minimum Gasteiger partial charge on any atom is -0.491 e. The average molecular weight is 356 g/mol. The zero-order valence-corrected chi connectivity index (χ0v) is 14.8. The van der Waals surface area contributed by atoms with E-state index in [0.29, 0.717) is 33.0 Å². The smallest absolute Gasteiger partial charge is 0.330 e. The Labute approximate surface area is 154 Å². The Balaban J connectivity index is 1.59. The van der Waals surface area contributed by atoms with E-state index in [2.05, 4.69) is 18.7 Å². The van der Waals surface area contributed by atoms with Crippen molar-refractivity contribution in [3.63, 3.8) is 0 Å². The molecule has 0 aliphatic carbocycles. The molecule has 0 unspecified atom stereocenters. The lowest BCUT2D eigenvalue weighted by Gasteiger charge is -2.12. The van der Waals surface area contributed by atoms with Gasteiger partial charge in [0.2, 0.25) is 0 Å². The number of ether oxygens (including phenoxy) is 4. The number of para-hydroxylation sites is 1. The van der Waals surface area contributed by atoms with Crippen LogP contribution in [0.4, 0.5) is 0 Å². The van der Waals surface area contributed by atoms with E-state index in [0.717, 1.165) is 23.0 Å². The molecule has 5 nitrogen and oxygen atoms in total. The predicted molar refractivity (Wildman–Crippen MR) is 100 cm³/mol. The summed E-state index contributed by atoms with van der Waals surface area (Å²) in [6, 6.07) is 18.1. The molecule has 0 aromatic heterocycles. The topological polar surface area (TPSA) is 54.0 Å². The summed E-state index contributed by atoms with van der Waals surface area (Å²) in [5, 5.41) is 0. The van der Waals surface area contributed by atoms with E-state index in [-0.39, 0.29) is 6.61 Å². The van der Waals surface area contributed by atoms with Crippen molar-refractivity contribution in [2.24, 2.45) is 0 Å². The lowest BCUT2D eigenvalue weighted by atomic mass is 10.1. The summed E-state index contributed by atoms with van der Waals surface area (Å²) < 4.78 is 21.4. The van der Waals surface area contributed by atoms with Crippen molar-refractivity contribution < 1.29 is 23.7 Å². The van der Waals surface area contributed by atoms with Crippen molar-refractivity contribution in [1.82, 2.24) is 0 Å². The number of carbonyl (C=O) groups excluding carboxylic acids is 1. The van der Waals surface area contributed by atoms with E-state index in [1.807, 2.05) is 42.5 Å². The van der Waals surface area contributed by atoms with Crippen LogP contribution in [0.3, 0.4) is 0 Å². The largest absolute Gasteiger partial charge is 0.491 e. The first-order valence-corrected chi connectivity index (χ1v) is 8.53. The van der Waals surface area contributed by atoms with Crippen molar-refractivity contribution >= 4 is 5.97 Å². The van der Waals surface area contributed by atoms with E-state index in [1.165, 1.54) is 0 Å². The molecule has 2 aromatic rings. The van der Waals surface area contributed by atoms with E-state index < -0.39 is 5.97 Å². The highest BCUT2D eigenvalue weighted by Gasteiger charge is 2.05. The maximum absolute atomic E-state index is 10.8. The zero-order valence-electron chi connectivity index (χ0n) is 14.8. The molecule has 26 heavy (non-hydrogen) atoms. The second kappa shape index (κ2) is 11.8. The van der Waals surface area contributed by atoms with Gasteiger partial charge < -0.3 is 18.9 Å². The lowest BCUT2D eigenvalue weighted by Crippen LogP contribution is -2.13. The van der Waals surface area contributed by atoms with Crippen LogP contribution in [-0.4, -0.2) is 45.6 Å². The Morgan fingerprint density at radius 2 is 1.42 bits per heavy atom. The van der Waals surface area contributed by atoms with Crippen LogP contribution in [0.2, 0.25) is 0 Å². The van der Waals surface area contributed by atoms with Gasteiger partial charge in [-0.25, -0.2) is 4.79 Å². The van der Waals surface area contributed by atoms with Crippen molar-refractivity contribution in [2.75, 3.05) is 39.6 Å². The highest BCUT2D eigenvalue weighted by atomic mass is 16.6. The highest BCUT2D eigenvalue weighted by molar-refractivity contribution is 5.81. The second-order valence-corrected chi connectivity index (χ2v) is 5.31. The molecule has 0 saturated carbocycles.